The minimum absolute atomic E-state index is 0.0154. The monoisotopic (exact) mass is 482 g/mol. The van der Waals surface area contributed by atoms with Gasteiger partial charge in [0.15, 0.2) is 0 Å². The Balaban J connectivity index is 1.92. The first-order chi connectivity index (χ1) is 15.5. The number of para-hydroxylation sites is 1. The van der Waals surface area contributed by atoms with E-state index in [1.54, 1.807) is 19.9 Å². The third-order valence-corrected chi connectivity index (χ3v) is 6.14. The predicted molar refractivity (Wildman–Crippen MR) is 118 cm³/mol. The van der Waals surface area contributed by atoms with Crippen LogP contribution in [-0.4, -0.2) is 20.2 Å². The van der Waals surface area contributed by atoms with Crippen molar-refractivity contribution in [2.45, 2.75) is 64.2 Å². The molecule has 0 aliphatic heterocycles. The van der Waals surface area contributed by atoms with Gasteiger partial charge in [0.2, 0.25) is 0 Å². The average Bonchev–Trinajstić information content (AvgIpc) is 3.32. The zero-order chi connectivity index (χ0) is 25.3. The van der Waals surface area contributed by atoms with E-state index >= 15 is 0 Å². The Hall–Kier alpha value is -3.04. The van der Waals surface area contributed by atoms with Crippen LogP contribution in [0.4, 0.5) is 26.3 Å². The largest absolute Gasteiger partial charge is 0.433 e. The summed E-state index contributed by atoms with van der Waals surface area (Å²) in [7, 11) is 0. The fourth-order valence-electron chi connectivity index (χ4n) is 4.51. The number of benzene rings is 2. The highest BCUT2D eigenvalue weighted by molar-refractivity contribution is 5.87. The number of H-pyrrole nitrogens is 2. The van der Waals surface area contributed by atoms with E-state index in [2.05, 4.69) is 15.1 Å². The van der Waals surface area contributed by atoms with E-state index in [1.807, 2.05) is 25.9 Å². The lowest BCUT2D eigenvalue weighted by molar-refractivity contribution is -0.140. The molecule has 0 amide bonds. The third-order valence-electron chi connectivity index (χ3n) is 6.14. The van der Waals surface area contributed by atoms with Gasteiger partial charge in [0, 0.05) is 5.39 Å². The van der Waals surface area contributed by atoms with Gasteiger partial charge in [-0.05, 0) is 40.0 Å². The number of halogens is 6. The second kappa shape index (κ2) is 7.48. The van der Waals surface area contributed by atoms with Crippen LogP contribution in [0.15, 0.2) is 30.6 Å². The Bertz CT molecular complexity index is 1370. The van der Waals surface area contributed by atoms with Gasteiger partial charge < -0.3 is 4.98 Å². The van der Waals surface area contributed by atoms with Gasteiger partial charge in [-0.1, -0.05) is 52.8 Å². The number of rotatable bonds is 3. The molecular weight excluding hydrogens is 458 g/mol. The van der Waals surface area contributed by atoms with Crippen LogP contribution in [0, 0.1) is 0 Å². The van der Waals surface area contributed by atoms with Crippen molar-refractivity contribution in [2.24, 2.45) is 0 Å². The molecule has 0 aliphatic carbocycles. The highest BCUT2D eigenvalue weighted by Gasteiger charge is 2.40. The van der Waals surface area contributed by atoms with E-state index in [-0.39, 0.29) is 28.4 Å². The van der Waals surface area contributed by atoms with Crippen LogP contribution < -0.4 is 0 Å². The van der Waals surface area contributed by atoms with Crippen molar-refractivity contribution >= 4 is 21.9 Å². The molecule has 34 heavy (non-hydrogen) atoms. The van der Waals surface area contributed by atoms with E-state index in [0.29, 0.717) is 16.6 Å². The van der Waals surface area contributed by atoms with Crippen LogP contribution in [0.3, 0.4) is 0 Å². The van der Waals surface area contributed by atoms with Crippen molar-refractivity contribution < 1.29 is 26.3 Å². The SMILES string of the molecule is CC(C)(C)c1cc(C(F)(F)F)c(CC(C)(C)c2cccc3c(C(F)(F)F)[nH]nc23)c2[nH]cnc12. The maximum atomic E-state index is 14.2. The predicted octanol–water partition coefficient (Wildman–Crippen LogP) is 7.29. The zero-order valence-corrected chi connectivity index (χ0v) is 19.3. The molecule has 4 rings (SSSR count). The lowest BCUT2D eigenvalue weighted by Crippen LogP contribution is -2.25. The molecule has 2 aromatic carbocycles. The maximum absolute atomic E-state index is 14.2. The quantitative estimate of drug-likeness (QED) is 0.301. The van der Waals surface area contributed by atoms with E-state index in [9.17, 15) is 26.3 Å². The standard InChI is InChI=1S/C24H24F6N4/c1-21(2,3)16-9-15(23(25,26)27)13(18-19(16)32-11-31-18)10-22(4,5)14-8-6-7-12-17(14)33-34-20(12)24(28,29)30/h6-9,11H,10H2,1-5H3,(H,31,32)(H,33,34). The number of nitrogens with zero attached hydrogens (tertiary/aromatic N) is 2. The summed E-state index contributed by atoms with van der Waals surface area (Å²) in [5, 5.41) is 5.80. The van der Waals surface area contributed by atoms with Crippen LogP contribution in [-0.2, 0) is 29.6 Å². The van der Waals surface area contributed by atoms with Gasteiger partial charge in [-0.3, -0.25) is 5.10 Å². The summed E-state index contributed by atoms with van der Waals surface area (Å²) in [5.41, 5.74) is -1.65. The number of aromatic nitrogens is 4. The van der Waals surface area contributed by atoms with Crippen LogP contribution in [0.25, 0.3) is 21.9 Å². The van der Waals surface area contributed by atoms with Crippen molar-refractivity contribution in [3.05, 3.63) is 58.5 Å². The third kappa shape index (κ3) is 4.03. The molecule has 2 N–H and O–H groups in total. The van der Waals surface area contributed by atoms with Crippen LogP contribution in [0.5, 0.6) is 0 Å². The molecule has 0 unspecified atom stereocenters. The number of hydrogen-bond donors (Lipinski definition) is 2. The minimum Gasteiger partial charge on any atom is -0.344 e. The molecule has 4 aromatic rings. The summed E-state index contributed by atoms with van der Waals surface area (Å²) in [6.07, 6.45) is -8.00. The highest BCUT2D eigenvalue weighted by Crippen LogP contribution is 2.44. The molecule has 4 nitrogen and oxygen atoms in total. The molecule has 0 spiro atoms. The van der Waals surface area contributed by atoms with Gasteiger partial charge in [0.05, 0.1) is 28.4 Å². The molecule has 0 bridgehead atoms. The van der Waals surface area contributed by atoms with Crippen molar-refractivity contribution in [3.8, 4) is 0 Å². The molecule has 10 heteroatoms. The van der Waals surface area contributed by atoms with Gasteiger partial charge in [-0.15, -0.1) is 0 Å². The zero-order valence-electron chi connectivity index (χ0n) is 19.3. The molecule has 0 aliphatic rings. The van der Waals surface area contributed by atoms with Gasteiger partial charge in [0.25, 0.3) is 0 Å². The Kier molecular flexibility index (Phi) is 5.30. The highest BCUT2D eigenvalue weighted by atomic mass is 19.4. The van der Waals surface area contributed by atoms with E-state index in [4.69, 9.17) is 0 Å². The number of hydrogen-bond acceptors (Lipinski definition) is 2. The summed E-state index contributed by atoms with van der Waals surface area (Å²) < 4.78 is 82.8. The van der Waals surface area contributed by atoms with Gasteiger partial charge in [-0.2, -0.15) is 31.4 Å². The first kappa shape index (κ1) is 24.1. The number of nitrogens with one attached hydrogen (secondary N) is 2. The van der Waals surface area contributed by atoms with Crippen molar-refractivity contribution in [1.29, 1.82) is 0 Å². The molecule has 2 heterocycles. The van der Waals surface area contributed by atoms with Crippen molar-refractivity contribution in [3.63, 3.8) is 0 Å². The van der Waals surface area contributed by atoms with Gasteiger partial charge in [-0.25, -0.2) is 4.98 Å². The number of aromatic amines is 2. The summed E-state index contributed by atoms with van der Waals surface area (Å²) >= 11 is 0. The molecule has 0 fully saturated rings. The fourth-order valence-corrected chi connectivity index (χ4v) is 4.51. The van der Waals surface area contributed by atoms with Crippen LogP contribution >= 0.6 is 0 Å². The van der Waals surface area contributed by atoms with Gasteiger partial charge >= 0.3 is 12.4 Å². The van der Waals surface area contributed by atoms with Crippen LogP contribution in [0.1, 0.15) is 62.6 Å². The fraction of sp³-hybridized carbons (Fsp3) is 0.417. The summed E-state index contributed by atoms with van der Waals surface area (Å²) in [6.45, 7) is 8.84. The average molecular weight is 482 g/mol. The molecule has 2 aromatic heterocycles. The summed E-state index contributed by atoms with van der Waals surface area (Å²) in [4.78, 5) is 7.15. The Labute approximate surface area is 191 Å². The normalized spacial score (nSPS) is 13.9. The summed E-state index contributed by atoms with van der Waals surface area (Å²) in [5.74, 6) is 0. The first-order valence-corrected chi connectivity index (χ1v) is 10.6. The number of imidazole rings is 1. The van der Waals surface area contributed by atoms with E-state index < -0.39 is 34.4 Å². The van der Waals surface area contributed by atoms with E-state index in [1.165, 1.54) is 18.5 Å². The molecule has 0 saturated heterocycles. The molecule has 0 atom stereocenters. The van der Waals surface area contributed by atoms with Crippen LogP contribution in [0.2, 0.25) is 0 Å². The topological polar surface area (TPSA) is 57.4 Å². The maximum Gasteiger partial charge on any atom is 0.433 e. The Morgan fingerprint density at radius 3 is 2.09 bits per heavy atom. The number of fused-ring (bicyclic) bond motifs is 2. The lowest BCUT2D eigenvalue weighted by atomic mass is 9.75. The Morgan fingerprint density at radius 1 is 0.824 bits per heavy atom. The second-order valence-corrected chi connectivity index (χ2v) is 10.2. The molecular formula is C24H24F6N4. The number of alkyl halides is 6. The Morgan fingerprint density at radius 2 is 1.50 bits per heavy atom. The molecule has 0 radical (unpaired) electrons. The lowest BCUT2D eigenvalue weighted by Gasteiger charge is -2.29. The molecule has 182 valence electrons. The second-order valence-electron chi connectivity index (χ2n) is 10.2. The smallest absolute Gasteiger partial charge is 0.344 e. The van der Waals surface area contributed by atoms with Gasteiger partial charge in [0.1, 0.15) is 5.69 Å². The van der Waals surface area contributed by atoms with Crippen molar-refractivity contribution in [1.82, 2.24) is 20.2 Å². The van der Waals surface area contributed by atoms with Crippen molar-refractivity contribution in [2.75, 3.05) is 0 Å². The summed E-state index contributed by atoms with van der Waals surface area (Å²) in [6, 6.07) is 5.51. The first-order valence-electron chi connectivity index (χ1n) is 10.6. The molecule has 0 saturated carbocycles. The van der Waals surface area contributed by atoms with E-state index in [0.717, 1.165) is 6.07 Å². The minimum atomic E-state index is -4.63.